The maximum Gasteiger partial charge on any atom is 0.0954 e. The van der Waals surface area contributed by atoms with E-state index >= 15 is 0 Å². The zero-order valence-electron chi connectivity index (χ0n) is 9.57. The van der Waals surface area contributed by atoms with Crippen LogP contribution in [0.2, 0.25) is 0 Å². The number of ether oxygens (including phenoxy) is 1. The average Bonchev–Trinajstić information content (AvgIpc) is 3.09. The van der Waals surface area contributed by atoms with Crippen molar-refractivity contribution in [2.75, 3.05) is 6.61 Å². The van der Waals surface area contributed by atoms with E-state index in [1.165, 1.54) is 16.3 Å². The Morgan fingerprint density at radius 3 is 2.56 bits per heavy atom. The van der Waals surface area contributed by atoms with Gasteiger partial charge < -0.3 is 4.74 Å². The molecule has 0 radical (unpaired) electrons. The molecule has 16 heavy (non-hydrogen) atoms. The molecule has 3 rings (SSSR count). The summed E-state index contributed by atoms with van der Waals surface area (Å²) in [5.41, 5.74) is 1.54. The first-order valence-electron chi connectivity index (χ1n) is 5.93. The van der Waals surface area contributed by atoms with Crippen LogP contribution in [0.3, 0.4) is 0 Å². The van der Waals surface area contributed by atoms with Crippen LogP contribution in [0.15, 0.2) is 42.5 Å². The van der Waals surface area contributed by atoms with Crippen molar-refractivity contribution in [2.24, 2.45) is 0 Å². The predicted octanol–water partition coefficient (Wildman–Crippen LogP) is 3.56. The molecule has 1 nitrogen and oxygen atoms in total. The molecule has 2 aromatic rings. The summed E-state index contributed by atoms with van der Waals surface area (Å²) in [5, 5.41) is 2.64. The number of fused-ring (bicyclic) bond motifs is 1. The summed E-state index contributed by atoms with van der Waals surface area (Å²) in [5.74, 6) is 0. The molecule has 1 heteroatoms. The molecule has 82 valence electrons. The van der Waals surface area contributed by atoms with Gasteiger partial charge in [0.2, 0.25) is 0 Å². The Labute approximate surface area is 96.0 Å². The predicted molar refractivity (Wildman–Crippen MR) is 66.6 cm³/mol. The van der Waals surface area contributed by atoms with Gasteiger partial charge in [0.25, 0.3) is 0 Å². The number of benzene rings is 2. The minimum absolute atomic E-state index is 0.155. The Hall–Kier alpha value is -1.34. The second-order valence-corrected chi connectivity index (χ2v) is 4.68. The highest BCUT2D eigenvalue weighted by molar-refractivity contribution is 5.83. The third kappa shape index (κ3) is 1.72. The number of epoxide rings is 1. The van der Waals surface area contributed by atoms with Crippen molar-refractivity contribution in [2.45, 2.75) is 25.4 Å². The van der Waals surface area contributed by atoms with E-state index in [2.05, 4.69) is 49.4 Å². The van der Waals surface area contributed by atoms with Crippen molar-refractivity contribution in [3.63, 3.8) is 0 Å². The Bertz CT molecular complexity index is 512. The monoisotopic (exact) mass is 212 g/mol. The molecule has 0 aromatic heterocycles. The Kier molecular flexibility index (Phi) is 2.22. The summed E-state index contributed by atoms with van der Waals surface area (Å²) < 4.78 is 5.56. The molecule has 1 unspecified atom stereocenters. The first-order chi connectivity index (χ1) is 7.81. The van der Waals surface area contributed by atoms with E-state index in [-0.39, 0.29) is 5.60 Å². The lowest BCUT2D eigenvalue weighted by Gasteiger charge is -2.09. The molecular weight excluding hydrogens is 196 g/mol. The molecule has 1 saturated heterocycles. The van der Waals surface area contributed by atoms with Gasteiger partial charge in [-0.25, -0.2) is 0 Å². The van der Waals surface area contributed by atoms with E-state index < -0.39 is 0 Å². The van der Waals surface area contributed by atoms with Crippen molar-refractivity contribution in [1.29, 1.82) is 0 Å². The van der Waals surface area contributed by atoms with Gasteiger partial charge in [-0.2, -0.15) is 0 Å². The molecule has 0 saturated carbocycles. The van der Waals surface area contributed by atoms with Gasteiger partial charge in [0.05, 0.1) is 12.2 Å². The molecule has 1 atom stereocenters. The fraction of sp³-hybridized carbons (Fsp3) is 0.333. The van der Waals surface area contributed by atoms with E-state index in [9.17, 15) is 0 Å². The van der Waals surface area contributed by atoms with Crippen LogP contribution in [0.4, 0.5) is 0 Å². The summed E-state index contributed by atoms with van der Waals surface area (Å²) in [6, 6.07) is 15.2. The molecular formula is C15H16O. The van der Waals surface area contributed by atoms with Gasteiger partial charge in [-0.1, -0.05) is 49.4 Å². The highest BCUT2D eigenvalue weighted by atomic mass is 16.6. The first-order valence-corrected chi connectivity index (χ1v) is 5.93. The van der Waals surface area contributed by atoms with Crippen LogP contribution in [-0.4, -0.2) is 12.2 Å². The van der Waals surface area contributed by atoms with Crippen molar-refractivity contribution < 1.29 is 4.74 Å². The molecule has 1 heterocycles. The molecule has 1 aliphatic rings. The zero-order valence-corrected chi connectivity index (χ0v) is 9.57. The van der Waals surface area contributed by atoms with E-state index in [1.807, 2.05) is 0 Å². The van der Waals surface area contributed by atoms with Gasteiger partial charge >= 0.3 is 0 Å². The van der Waals surface area contributed by atoms with Crippen LogP contribution in [0.25, 0.3) is 10.8 Å². The van der Waals surface area contributed by atoms with Crippen LogP contribution in [0.5, 0.6) is 0 Å². The third-order valence-corrected chi connectivity index (χ3v) is 3.54. The molecule has 0 spiro atoms. The largest absolute Gasteiger partial charge is 0.369 e. The Balaban J connectivity index is 1.93. The number of rotatable bonds is 3. The van der Waals surface area contributed by atoms with Crippen molar-refractivity contribution >= 4 is 10.8 Å². The highest BCUT2D eigenvalue weighted by Gasteiger charge is 2.42. The second-order valence-electron chi connectivity index (χ2n) is 4.68. The molecule has 0 bridgehead atoms. The lowest BCUT2D eigenvalue weighted by Crippen LogP contribution is -2.12. The van der Waals surface area contributed by atoms with Crippen molar-refractivity contribution in [1.82, 2.24) is 0 Å². The van der Waals surface area contributed by atoms with Crippen molar-refractivity contribution in [3.8, 4) is 0 Å². The maximum atomic E-state index is 5.56. The van der Waals surface area contributed by atoms with E-state index in [4.69, 9.17) is 4.74 Å². The van der Waals surface area contributed by atoms with E-state index in [0.29, 0.717) is 0 Å². The average molecular weight is 212 g/mol. The number of hydrogen-bond acceptors (Lipinski definition) is 1. The van der Waals surface area contributed by atoms with Gasteiger partial charge in [-0.15, -0.1) is 0 Å². The maximum absolute atomic E-state index is 5.56. The van der Waals surface area contributed by atoms with Crippen LogP contribution in [0, 0.1) is 0 Å². The molecule has 1 aliphatic heterocycles. The molecule has 1 fully saturated rings. The van der Waals surface area contributed by atoms with Crippen LogP contribution in [0.1, 0.15) is 18.9 Å². The molecule has 0 aliphatic carbocycles. The second kappa shape index (κ2) is 3.60. The lowest BCUT2D eigenvalue weighted by atomic mass is 9.96. The Morgan fingerprint density at radius 2 is 1.88 bits per heavy atom. The minimum Gasteiger partial charge on any atom is -0.369 e. The Morgan fingerprint density at radius 1 is 1.12 bits per heavy atom. The lowest BCUT2D eigenvalue weighted by molar-refractivity contribution is 0.294. The first kappa shape index (κ1) is 9.86. The molecule has 0 amide bonds. The fourth-order valence-electron chi connectivity index (χ4n) is 2.25. The molecule has 0 N–H and O–H groups in total. The summed E-state index contributed by atoms with van der Waals surface area (Å²) in [7, 11) is 0. The van der Waals surface area contributed by atoms with E-state index in [0.717, 1.165) is 19.4 Å². The zero-order chi connectivity index (χ0) is 11.0. The summed E-state index contributed by atoms with van der Waals surface area (Å²) in [6.45, 7) is 3.13. The normalized spacial score (nSPS) is 23.6. The standard InChI is InChI=1S/C15H16O/c1-2-15(11-16-15)10-12-7-8-13-5-3-4-6-14(13)9-12/h3-9H,2,10-11H2,1H3. The van der Waals surface area contributed by atoms with Gasteiger partial charge in [0.15, 0.2) is 0 Å². The van der Waals surface area contributed by atoms with Crippen LogP contribution in [-0.2, 0) is 11.2 Å². The fourth-order valence-corrected chi connectivity index (χ4v) is 2.25. The number of hydrogen-bond donors (Lipinski definition) is 0. The minimum atomic E-state index is 0.155. The summed E-state index contributed by atoms with van der Waals surface area (Å²) in [4.78, 5) is 0. The molecule has 2 aromatic carbocycles. The van der Waals surface area contributed by atoms with Gasteiger partial charge in [0, 0.05) is 6.42 Å². The summed E-state index contributed by atoms with van der Waals surface area (Å²) >= 11 is 0. The van der Waals surface area contributed by atoms with Gasteiger partial charge in [0.1, 0.15) is 0 Å². The van der Waals surface area contributed by atoms with E-state index in [1.54, 1.807) is 0 Å². The highest BCUT2D eigenvalue weighted by Crippen LogP contribution is 2.34. The quantitative estimate of drug-likeness (QED) is 0.709. The van der Waals surface area contributed by atoms with Gasteiger partial charge in [-0.3, -0.25) is 0 Å². The third-order valence-electron chi connectivity index (χ3n) is 3.54. The van der Waals surface area contributed by atoms with Gasteiger partial charge in [-0.05, 0) is 22.8 Å². The smallest absolute Gasteiger partial charge is 0.0954 e. The summed E-state index contributed by atoms with van der Waals surface area (Å²) in [6.07, 6.45) is 2.16. The topological polar surface area (TPSA) is 12.5 Å². The van der Waals surface area contributed by atoms with Crippen molar-refractivity contribution in [3.05, 3.63) is 48.0 Å². The van der Waals surface area contributed by atoms with Crippen LogP contribution >= 0.6 is 0 Å². The SMILES string of the molecule is CCC1(Cc2ccc3ccccc3c2)CO1. The van der Waals surface area contributed by atoms with Crippen LogP contribution < -0.4 is 0 Å².